The van der Waals surface area contributed by atoms with Gasteiger partial charge in [-0.1, -0.05) is 6.92 Å². The summed E-state index contributed by atoms with van der Waals surface area (Å²) in [5.41, 5.74) is 3.96. The summed E-state index contributed by atoms with van der Waals surface area (Å²) < 4.78 is 7.14. The Kier molecular flexibility index (Phi) is 5.46. The summed E-state index contributed by atoms with van der Waals surface area (Å²) in [4.78, 5) is 17.1. The number of carbonyl (C=O) groups excluding carboxylic acids is 1. The predicted molar refractivity (Wildman–Crippen MR) is 101 cm³/mol. The van der Waals surface area contributed by atoms with Gasteiger partial charge in [-0.2, -0.15) is 0 Å². The first-order chi connectivity index (χ1) is 12.4. The van der Waals surface area contributed by atoms with Crippen LogP contribution in [0.5, 0.6) is 5.88 Å². The van der Waals surface area contributed by atoms with Crippen LogP contribution < -0.4 is 15.4 Å². The van der Waals surface area contributed by atoms with E-state index in [0.29, 0.717) is 24.6 Å². The van der Waals surface area contributed by atoms with E-state index in [0.717, 1.165) is 47.4 Å². The zero-order valence-electron chi connectivity index (χ0n) is 16.3. The Morgan fingerprint density at radius 2 is 2.19 bits per heavy atom. The molecule has 0 bridgehead atoms. The highest BCUT2D eigenvalue weighted by atomic mass is 16.5. The van der Waals surface area contributed by atoms with Gasteiger partial charge in [0.2, 0.25) is 11.8 Å². The molecule has 2 aromatic heterocycles. The number of carbonyl (C=O) groups is 1. The highest BCUT2D eigenvalue weighted by Crippen LogP contribution is 2.30. The summed E-state index contributed by atoms with van der Waals surface area (Å²) in [7, 11) is 3.48. The summed E-state index contributed by atoms with van der Waals surface area (Å²) in [5.74, 6) is 1.20. The molecule has 2 aromatic rings. The van der Waals surface area contributed by atoms with E-state index in [9.17, 15) is 4.79 Å². The molecule has 1 fully saturated rings. The van der Waals surface area contributed by atoms with Gasteiger partial charge in [-0.3, -0.25) is 4.79 Å². The molecule has 142 valence electrons. The van der Waals surface area contributed by atoms with Gasteiger partial charge in [0.15, 0.2) is 5.65 Å². The summed E-state index contributed by atoms with van der Waals surface area (Å²) in [5, 5.41) is 11.8. The number of nitrogens with zero attached hydrogens (tertiary/aromatic N) is 3. The molecule has 26 heavy (non-hydrogen) atoms. The lowest BCUT2D eigenvalue weighted by atomic mass is 9.94. The average Bonchev–Trinajstić information content (AvgIpc) is 2.93. The molecular formula is C19H29N5O2. The minimum Gasteiger partial charge on any atom is -0.479 e. The molecule has 0 radical (unpaired) electrons. The molecule has 0 aromatic carbocycles. The molecule has 2 N–H and O–H groups in total. The maximum absolute atomic E-state index is 12.4. The molecule has 3 heterocycles. The number of aryl methyl sites for hydroxylation is 3. The fraction of sp³-hybridized carbons (Fsp3) is 0.632. The Labute approximate surface area is 154 Å². The fourth-order valence-corrected chi connectivity index (χ4v) is 3.81. The maximum Gasteiger partial charge on any atom is 0.242 e. The van der Waals surface area contributed by atoms with Gasteiger partial charge in [-0.15, -0.1) is 5.10 Å². The standard InChI is InChI=1S/C19H29N5O2/c1-11-8-9-20-10-15(11)22-16(25)7-6-14-12(2)17-18(21-13(14)3)24(4)23-19(17)26-5/h11,15,20H,6-10H2,1-5H3,(H,22,25). The third-order valence-electron chi connectivity index (χ3n) is 5.49. The molecule has 1 saturated heterocycles. The second-order valence-electron chi connectivity index (χ2n) is 7.28. The van der Waals surface area contributed by atoms with Crippen molar-refractivity contribution < 1.29 is 9.53 Å². The van der Waals surface area contributed by atoms with Crippen LogP contribution in [0.25, 0.3) is 11.0 Å². The van der Waals surface area contributed by atoms with Crippen LogP contribution in [0, 0.1) is 19.8 Å². The molecule has 0 aliphatic carbocycles. The lowest BCUT2D eigenvalue weighted by Gasteiger charge is -2.30. The van der Waals surface area contributed by atoms with Crippen LogP contribution in [0.4, 0.5) is 0 Å². The monoisotopic (exact) mass is 359 g/mol. The lowest BCUT2D eigenvalue weighted by molar-refractivity contribution is -0.122. The van der Waals surface area contributed by atoms with Crippen molar-refractivity contribution in [2.24, 2.45) is 13.0 Å². The lowest BCUT2D eigenvalue weighted by Crippen LogP contribution is -2.50. The summed E-state index contributed by atoms with van der Waals surface area (Å²) in [6.45, 7) is 8.14. The molecular weight excluding hydrogens is 330 g/mol. The average molecular weight is 359 g/mol. The van der Waals surface area contributed by atoms with Gasteiger partial charge in [0.25, 0.3) is 0 Å². The van der Waals surface area contributed by atoms with Crippen LogP contribution in [0.1, 0.15) is 36.6 Å². The number of hydrogen-bond donors (Lipinski definition) is 2. The van der Waals surface area contributed by atoms with Crippen molar-refractivity contribution >= 4 is 16.9 Å². The van der Waals surface area contributed by atoms with Gasteiger partial charge < -0.3 is 15.4 Å². The van der Waals surface area contributed by atoms with E-state index >= 15 is 0 Å². The van der Waals surface area contributed by atoms with Crippen molar-refractivity contribution in [2.75, 3.05) is 20.2 Å². The van der Waals surface area contributed by atoms with Crippen LogP contribution in [0.3, 0.4) is 0 Å². The zero-order chi connectivity index (χ0) is 18.8. The number of aromatic nitrogens is 3. The highest BCUT2D eigenvalue weighted by molar-refractivity contribution is 5.86. The Bertz CT molecular complexity index is 814. The van der Waals surface area contributed by atoms with Gasteiger partial charge in [-0.05, 0) is 50.3 Å². The molecule has 2 atom stereocenters. The van der Waals surface area contributed by atoms with E-state index in [4.69, 9.17) is 4.74 Å². The van der Waals surface area contributed by atoms with Gasteiger partial charge >= 0.3 is 0 Å². The highest BCUT2D eigenvalue weighted by Gasteiger charge is 2.23. The molecule has 2 unspecified atom stereocenters. The maximum atomic E-state index is 12.4. The van der Waals surface area contributed by atoms with Crippen LogP contribution in [0.2, 0.25) is 0 Å². The number of piperidine rings is 1. The van der Waals surface area contributed by atoms with E-state index in [1.165, 1.54) is 0 Å². The summed E-state index contributed by atoms with van der Waals surface area (Å²) >= 11 is 0. The first kappa shape index (κ1) is 18.6. The minimum absolute atomic E-state index is 0.0996. The fourth-order valence-electron chi connectivity index (χ4n) is 3.81. The molecule has 1 amide bonds. The Morgan fingerprint density at radius 1 is 1.42 bits per heavy atom. The van der Waals surface area contributed by atoms with Crippen molar-refractivity contribution in [3.63, 3.8) is 0 Å². The second kappa shape index (κ2) is 7.61. The SMILES string of the molecule is COc1nn(C)c2nc(C)c(CCC(=O)NC3CNCCC3C)c(C)c12. The van der Waals surface area contributed by atoms with Crippen molar-refractivity contribution in [3.05, 3.63) is 16.8 Å². The smallest absolute Gasteiger partial charge is 0.242 e. The number of nitrogens with one attached hydrogen (secondary N) is 2. The first-order valence-electron chi connectivity index (χ1n) is 9.29. The quantitative estimate of drug-likeness (QED) is 0.848. The second-order valence-corrected chi connectivity index (χ2v) is 7.28. The number of methoxy groups -OCH3 is 1. The van der Waals surface area contributed by atoms with Gasteiger partial charge in [0.05, 0.1) is 12.5 Å². The Balaban J connectivity index is 1.75. The molecule has 0 saturated carbocycles. The van der Waals surface area contributed by atoms with Crippen molar-refractivity contribution in [3.8, 4) is 5.88 Å². The number of rotatable bonds is 5. The van der Waals surface area contributed by atoms with Gasteiger partial charge in [-0.25, -0.2) is 9.67 Å². The van der Waals surface area contributed by atoms with E-state index in [-0.39, 0.29) is 11.9 Å². The van der Waals surface area contributed by atoms with Crippen LogP contribution >= 0.6 is 0 Å². The summed E-state index contributed by atoms with van der Waals surface area (Å²) in [6.07, 6.45) is 2.23. The molecule has 1 aliphatic heterocycles. The third kappa shape index (κ3) is 3.53. The largest absolute Gasteiger partial charge is 0.479 e. The number of ether oxygens (including phenoxy) is 1. The van der Waals surface area contributed by atoms with E-state index in [1.807, 2.05) is 14.0 Å². The number of pyridine rings is 1. The normalized spacial score (nSPS) is 20.3. The van der Waals surface area contributed by atoms with Gasteiger partial charge in [0.1, 0.15) is 0 Å². The molecule has 1 aliphatic rings. The third-order valence-corrected chi connectivity index (χ3v) is 5.49. The summed E-state index contributed by atoms with van der Waals surface area (Å²) in [6, 6.07) is 0.220. The van der Waals surface area contributed by atoms with Gasteiger partial charge in [0, 0.05) is 31.7 Å². The van der Waals surface area contributed by atoms with Crippen molar-refractivity contribution in [1.82, 2.24) is 25.4 Å². The topological polar surface area (TPSA) is 81.1 Å². The van der Waals surface area contributed by atoms with Crippen LogP contribution in [-0.4, -0.2) is 46.9 Å². The van der Waals surface area contributed by atoms with E-state index in [1.54, 1.807) is 11.8 Å². The Hall–Kier alpha value is -2.15. The van der Waals surface area contributed by atoms with E-state index in [2.05, 4.69) is 34.6 Å². The first-order valence-corrected chi connectivity index (χ1v) is 9.29. The molecule has 3 rings (SSSR count). The van der Waals surface area contributed by atoms with Crippen LogP contribution in [-0.2, 0) is 18.3 Å². The Morgan fingerprint density at radius 3 is 2.88 bits per heavy atom. The molecule has 7 nitrogen and oxygen atoms in total. The molecule has 7 heteroatoms. The number of fused-ring (bicyclic) bond motifs is 1. The van der Waals surface area contributed by atoms with Crippen molar-refractivity contribution in [1.29, 1.82) is 0 Å². The molecule has 0 spiro atoms. The minimum atomic E-state index is 0.0996. The number of hydrogen-bond acceptors (Lipinski definition) is 5. The number of amides is 1. The zero-order valence-corrected chi connectivity index (χ0v) is 16.3. The van der Waals surface area contributed by atoms with E-state index < -0.39 is 0 Å². The van der Waals surface area contributed by atoms with Crippen LogP contribution in [0.15, 0.2) is 0 Å². The van der Waals surface area contributed by atoms with Crippen molar-refractivity contribution in [2.45, 2.75) is 46.1 Å². The predicted octanol–water partition coefficient (Wildman–Crippen LogP) is 1.64.